The van der Waals surface area contributed by atoms with Gasteiger partial charge in [0.1, 0.15) is 5.75 Å². The molecule has 0 bridgehead atoms. The molecule has 0 spiro atoms. The standard InChI is InChI=1S/C14H15NO2S2/c1-10-5-3-6-12(11(10)2)15-13(16)9-19(17)14-7-4-8-18-14/h3-8H,9H2,1-2H3,(H,15,16)/t19-/m1/s1. The van der Waals surface area contributed by atoms with Crippen LogP contribution in [0.1, 0.15) is 11.1 Å². The number of carbonyl (C=O) groups is 1. The second kappa shape index (κ2) is 6.12. The Morgan fingerprint density at radius 2 is 2.05 bits per heavy atom. The summed E-state index contributed by atoms with van der Waals surface area (Å²) in [5.41, 5.74) is 2.95. The fourth-order valence-corrected chi connectivity index (χ4v) is 3.56. The van der Waals surface area contributed by atoms with Crippen molar-refractivity contribution in [3.05, 3.63) is 46.8 Å². The average molecular weight is 293 g/mol. The van der Waals surface area contributed by atoms with Crippen LogP contribution in [0.25, 0.3) is 0 Å². The maximum atomic E-state index is 11.9. The van der Waals surface area contributed by atoms with E-state index < -0.39 is 10.8 Å². The molecule has 3 nitrogen and oxygen atoms in total. The minimum absolute atomic E-state index is 0.00606. The summed E-state index contributed by atoms with van der Waals surface area (Å²) in [6.45, 7) is 3.95. The van der Waals surface area contributed by atoms with E-state index in [1.807, 2.05) is 43.5 Å². The minimum atomic E-state index is -1.26. The van der Waals surface area contributed by atoms with Crippen LogP contribution in [0.5, 0.6) is 0 Å². The number of amides is 1. The van der Waals surface area contributed by atoms with Gasteiger partial charge in [-0.25, -0.2) is 0 Å². The SMILES string of the molecule is Cc1cccc(NC(=O)C[S@@](=O)c2cccs2)c1C. The zero-order chi connectivity index (χ0) is 13.8. The summed E-state index contributed by atoms with van der Waals surface area (Å²) in [6.07, 6.45) is 0. The monoisotopic (exact) mass is 293 g/mol. The van der Waals surface area contributed by atoms with Crippen molar-refractivity contribution in [1.82, 2.24) is 0 Å². The molecule has 1 amide bonds. The van der Waals surface area contributed by atoms with Crippen molar-refractivity contribution in [2.45, 2.75) is 18.1 Å². The fourth-order valence-electron chi connectivity index (χ4n) is 1.66. The Hall–Kier alpha value is -1.46. The third-order valence-corrected chi connectivity index (χ3v) is 5.48. The number of benzene rings is 1. The normalized spacial score (nSPS) is 12.1. The number of rotatable bonds is 4. The molecule has 0 saturated heterocycles. The molecule has 0 aliphatic rings. The Balaban J connectivity index is 2.02. The Labute approximate surface area is 119 Å². The van der Waals surface area contributed by atoms with Gasteiger partial charge in [0.2, 0.25) is 5.91 Å². The lowest BCUT2D eigenvalue weighted by Crippen LogP contribution is -2.19. The average Bonchev–Trinajstić information content (AvgIpc) is 2.88. The van der Waals surface area contributed by atoms with Crippen LogP contribution in [0.3, 0.4) is 0 Å². The molecule has 0 radical (unpaired) electrons. The summed E-state index contributed by atoms with van der Waals surface area (Å²) >= 11 is 1.40. The third kappa shape index (κ3) is 3.52. The van der Waals surface area contributed by atoms with E-state index in [-0.39, 0.29) is 11.7 Å². The van der Waals surface area contributed by atoms with E-state index in [1.54, 1.807) is 6.07 Å². The van der Waals surface area contributed by atoms with Crippen LogP contribution in [0.15, 0.2) is 39.9 Å². The molecule has 1 atom stereocenters. The first kappa shape index (κ1) is 14.0. The van der Waals surface area contributed by atoms with Crippen molar-refractivity contribution in [2.75, 3.05) is 11.1 Å². The van der Waals surface area contributed by atoms with Gasteiger partial charge in [-0.3, -0.25) is 9.00 Å². The number of hydrogen-bond donors (Lipinski definition) is 1. The minimum Gasteiger partial charge on any atom is -0.325 e. The van der Waals surface area contributed by atoms with E-state index in [2.05, 4.69) is 5.32 Å². The Morgan fingerprint density at radius 3 is 2.74 bits per heavy atom. The summed E-state index contributed by atoms with van der Waals surface area (Å²) in [4.78, 5) is 11.9. The summed E-state index contributed by atoms with van der Waals surface area (Å²) < 4.78 is 12.7. The number of carbonyl (C=O) groups excluding carboxylic acids is 1. The molecule has 1 N–H and O–H groups in total. The van der Waals surface area contributed by atoms with Gasteiger partial charge in [0.25, 0.3) is 0 Å². The van der Waals surface area contributed by atoms with Crippen molar-refractivity contribution >= 4 is 33.7 Å². The van der Waals surface area contributed by atoms with Crippen molar-refractivity contribution in [2.24, 2.45) is 0 Å². The lowest BCUT2D eigenvalue weighted by molar-refractivity contribution is -0.113. The summed E-state index contributed by atoms with van der Waals surface area (Å²) in [7, 11) is -1.26. The number of nitrogens with one attached hydrogen (secondary N) is 1. The number of thiophene rings is 1. The highest BCUT2D eigenvalue weighted by atomic mass is 32.2. The second-order valence-corrected chi connectivity index (χ2v) is 6.84. The van der Waals surface area contributed by atoms with Crippen LogP contribution in [-0.2, 0) is 15.6 Å². The van der Waals surface area contributed by atoms with Gasteiger partial charge < -0.3 is 5.32 Å². The molecule has 0 aliphatic carbocycles. The molecule has 2 rings (SSSR count). The number of anilines is 1. The highest BCUT2D eigenvalue weighted by Gasteiger charge is 2.12. The molecule has 100 valence electrons. The van der Waals surface area contributed by atoms with Gasteiger partial charge in [-0.2, -0.15) is 0 Å². The lowest BCUT2D eigenvalue weighted by Gasteiger charge is -2.09. The Morgan fingerprint density at radius 1 is 1.26 bits per heavy atom. The van der Waals surface area contributed by atoms with Gasteiger partial charge >= 0.3 is 0 Å². The fraction of sp³-hybridized carbons (Fsp3) is 0.214. The second-order valence-electron chi connectivity index (χ2n) is 4.22. The Bertz CT molecular complexity index is 606. The first-order chi connectivity index (χ1) is 9.08. The topological polar surface area (TPSA) is 46.2 Å². The van der Waals surface area contributed by atoms with E-state index in [4.69, 9.17) is 0 Å². The van der Waals surface area contributed by atoms with Crippen LogP contribution in [-0.4, -0.2) is 15.9 Å². The number of hydrogen-bond acceptors (Lipinski definition) is 3. The summed E-state index contributed by atoms with van der Waals surface area (Å²) in [6, 6.07) is 9.36. The molecular weight excluding hydrogens is 278 g/mol. The van der Waals surface area contributed by atoms with E-state index in [0.717, 1.165) is 21.0 Å². The molecule has 0 unspecified atom stereocenters. The lowest BCUT2D eigenvalue weighted by atomic mass is 10.1. The molecule has 5 heteroatoms. The summed E-state index contributed by atoms with van der Waals surface area (Å²) in [5.74, 6) is -0.228. The molecule has 2 aromatic rings. The first-order valence-corrected chi connectivity index (χ1v) is 8.05. The maximum Gasteiger partial charge on any atom is 0.237 e. The third-order valence-electron chi connectivity index (χ3n) is 2.86. The van der Waals surface area contributed by atoms with Crippen LogP contribution in [0.4, 0.5) is 5.69 Å². The van der Waals surface area contributed by atoms with E-state index >= 15 is 0 Å². The van der Waals surface area contributed by atoms with Gasteiger partial charge in [0.05, 0.1) is 15.0 Å². The maximum absolute atomic E-state index is 11.9. The van der Waals surface area contributed by atoms with Gasteiger partial charge in [0, 0.05) is 5.69 Å². The largest absolute Gasteiger partial charge is 0.325 e. The van der Waals surface area contributed by atoms with Gasteiger partial charge in [-0.1, -0.05) is 18.2 Å². The molecule has 1 aromatic carbocycles. The van der Waals surface area contributed by atoms with Crippen molar-refractivity contribution in [3.8, 4) is 0 Å². The highest BCUT2D eigenvalue weighted by molar-refractivity contribution is 7.88. The molecule has 0 aliphatic heterocycles. The quantitative estimate of drug-likeness (QED) is 0.941. The molecule has 0 fully saturated rings. The predicted octanol–water partition coefficient (Wildman–Crippen LogP) is 3.11. The molecule has 19 heavy (non-hydrogen) atoms. The molecule has 1 aromatic heterocycles. The smallest absolute Gasteiger partial charge is 0.237 e. The zero-order valence-corrected chi connectivity index (χ0v) is 12.4. The molecule has 1 heterocycles. The molecular formula is C14H15NO2S2. The predicted molar refractivity (Wildman–Crippen MR) is 80.1 cm³/mol. The van der Waals surface area contributed by atoms with E-state index in [9.17, 15) is 9.00 Å². The number of aryl methyl sites for hydroxylation is 1. The van der Waals surface area contributed by atoms with Crippen molar-refractivity contribution in [1.29, 1.82) is 0 Å². The van der Waals surface area contributed by atoms with E-state index in [1.165, 1.54) is 11.3 Å². The first-order valence-electron chi connectivity index (χ1n) is 5.86. The van der Waals surface area contributed by atoms with Crippen LogP contribution in [0.2, 0.25) is 0 Å². The van der Waals surface area contributed by atoms with E-state index in [0.29, 0.717) is 0 Å². The zero-order valence-electron chi connectivity index (χ0n) is 10.8. The Kier molecular flexibility index (Phi) is 4.50. The summed E-state index contributed by atoms with van der Waals surface area (Å²) in [5, 5.41) is 4.67. The van der Waals surface area contributed by atoms with Crippen LogP contribution < -0.4 is 5.32 Å². The van der Waals surface area contributed by atoms with Crippen molar-refractivity contribution in [3.63, 3.8) is 0 Å². The van der Waals surface area contributed by atoms with Gasteiger partial charge in [-0.15, -0.1) is 11.3 Å². The molecule has 0 saturated carbocycles. The van der Waals surface area contributed by atoms with Crippen LogP contribution in [0, 0.1) is 13.8 Å². The van der Waals surface area contributed by atoms with Crippen LogP contribution >= 0.6 is 11.3 Å². The van der Waals surface area contributed by atoms with Crippen molar-refractivity contribution < 1.29 is 9.00 Å². The van der Waals surface area contributed by atoms with Gasteiger partial charge in [-0.05, 0) is 42.5 Å². The van der Waals surface area contributed by atoms with Gasteiger partial charge in [0.15, 0.2) is 0 Å². The highest BCUT2D eigenvalue weighted by Crippen LogP contribution is 2.18.